The van der Waals surface area contributed by atoms with Crippen molar-refractivity contribution in [2.24, 2.45) is 0 Å². The molecule has 0 rings (SSSR count). The predicted octanol–water partition coefficient (Wildman–Crippen LogP) is 11.5. The predicted molar refractivity (Wildman–Crippen MR) is 251 cm³/mol. The Morgan fingerprint density at radius 1 is 0.623 bits per heavy atom. The molecule has 0 heterocycles. The summed E-state index contributed by atoms with van der Waals surface area (Å²) in [5.74, 6) is -1.09. The molecule has 0 spiro atoms. The van der Waals surface area contributed by atoms with Crippen molar-refractivity contribution in [3.05, 3.63) is 109 Å². The number of ether oxygens (including phenoxy) is 2. The van der Waals surface area contributed by atoms with Gasteiger partial charge in [0, 0.05) is 12.8 Å². The molecule has 0 radical (unpaired) electrons. The van der Waals surface area contributed by atoms with Gasteiger partial charge >= 0.3 is 11.9 Å². The maximum absolute atomic E-state index is 12.7. The summed E-state index contributed by atoms with van der Waals surface area (Å²) in [6, 6.07) is 0. The Labute approximate surface area is 370 Å². The highest BCUT2D eigenvalue weighted by Gasteiger charge is 2.21. The fourth-order valence-corrected chi connectivity index (χ4v) is 6.04. The van der Waals surface area contributed by atoms with E-state index in [1.54, 1.807) is 12.2 Å². The third-order valence-electron chi connectivity index (χ3n) is 8.88. The first-order valence-electron chi connectivity index (χ1n) is 22.7. The fraction of sp³-hybridized carbons (Fsp3) is 0.600. The van der Waals surface area contributed by atoms with Crippen molar-refractivity contribution in [2.75, 3.05) is 47.5 Å². The molecule has 0 aliphatic carbocycles. The van der Waals surface area contributed by atoms with Crippen LogP contribution in [0.15, 0.2) is 109 Å². The van der Waals surface area contributed by atoms with Crippen LogP contribution in [0, 0.1) is 0 Å². The monoisotopic (exact) mass is 872 g/mol. The molecule has 0 aromatic heterocycles. The molecular weight excluding hydrogens is 790 g/mol. The molecule has 3 atom stereocenters. The Hall–Kier alpha value is -3.37. The average molecular weight is 872 g/mol. The van der Waals surface area contributed by atoms with Crippen LogP contribution in [-0.2, 0) is 32.7 Å². The van der Waals surface area contributed by atoms with Crippen LogP contribution in [0.1, 0.15) is 136 Å². The van der Waals surface area contributed by atoms with Gasteiger partial charge in [-0.3, -0.25) is 14.2 Å². The van der Waals surface area contributed by atoms with E-state index < -0.39 is 38.6 Å². The summed E-state index contributed by atoms with van der Waals surface area (Å²) >= 11 is 0. The second-order valence-corrected chi connectivity index (χ2v) is 17.3. The van der Waals surface area contributed by atoms with Gasteiger partial charge in [0.25, 0.3) is 7.82 Å². The smallest absolute Gasteiger partial charge is 0.306 e. The zero-order valence-corrected chi connectivity index (χ0v) is 39.3. The quantitative estimate of drug-likeness (QED) is 0.0160. The zero-order valence-electron chi connectivity index (χ0n) is 38.4. The number of hydrogen-bond acceptors (Lipinski definition) is 9. The number of unbranched alkanes of at least 4 members (excludes halogenated alkanes) is 6. The molecule has 0 saturated carbocycles. The molecule has 0 bridgehead atoms. The number of rotatable bonds is 39. The van der Waals surface area contributed by atoms with Crippen molar-refractivity contribution in [1.82, 2.24) is 0 Å². The zero-order chi connectivity index (χ0) is 45.1. The Morgan fingerprint density at radius 2 is 1.15 bits per heavy atom. The van der Waals surface area contributed by atoms with Crippen molar-refractivity contribution in [1.29, 1.82) is 0 Å². The lowest BCUT2D eigenvalue weighted by molar-refractivity contribution is -0.870. The van der Waals surface area contributed by atoms with Gasteiger partial charge in [-0.1, -0.05) is 142 Å². The first-order chi connectivity index (χ1) is 29.4. The number of allylic oxidation sites excluding steroid dienone is 17. The van der Waals surface area contributed by atoms with Crippen LogP contribution >= 0.6 is 7.82 Å². The van der Waals surface area contributed by atoms with Gasteiger partial charge in [-0.15, -0.1) is 0 Å². The number of phosphoric acid groups is 1. The normalized spacial score (nSPS) is 15.1. The standard InChI is InChI=1S/C50H82NO9P/c1-6-8-10-12-14-16-18-20-21-22-23-24-25-27-29-31-33-35-37-41-50(54)60-48(46-59-61(55,56)58-44-43-51(3,4)5)45-57-49(53)42-38-40-47(52)39-36-34-32-30-28-26-19-17-15-13-11-9-7-2/h9,11,14-17,20-21,23-24,26-29,32,34,36,39,47-48,52H,6-8,10,12-13,18-19,22,25,30-31,33,35,37-38,40-46H2,1-5H3/b11-9-,16-14-,17-15-,21-20-,24-23-,28-26-,29-27-,34-32-,39-36+/t47?,48-/m1/s1. The highest BCUT2D eigenvalue weighted by Crippen LogP contribution is 2.38. The molecule has 10 nitrogen and oxygen atoms in total. The van der Waals surface area contributed by atoms with Crippen LogP contribution < -0.4 is 4.89 Å². The maximum atomic E-state index is 12.7. The summed E-state index contributed by atoms with van der Waals surface area (Å²) in [5.41, 5.74) is 0. The number of likely N-dealkylation sites (N-methyl/N-ethyl adjacent to an activating group) is 1. The second-order valence-electron chi connectivity index (χ2n) is 15.9. The Kier molecular flexibility index (Phi) is 38.4. The number of aliphatic hydroxyl groups is 1. The van der Waals surface area contributed by atoms with E-state index in [0.29, 0.717) is 30.3 Å². The van der Waals surface area contributed by atoms with Crippen LogP contribution in [0.3, 0.4) is 0 Å². The number of aliphatic hydroxyl groups excluding tert-OH is 1. The first kappa shape index (κ1) is 57.6. The molecule has 0 aromatic carbocycles. The molecular formula is C50H82NO9P. The summed E-state index contributed by atoms with van der Waals surface area (Å²) < 4.78 is 33.7. The van der Waals surface area contributed by atoms with E-state index in [0.717, 1.165) is 64.2 Å². The second kappa shape index (κ2) is 40.7. The van der Waals surface area contributed by atoms with Gasteiger partial charge in [0.1, 0.15) is 19.8 Å². The lowest BCUT2D eigenvalue weighted by atomic mass is 10.1. The summed E-state index contributed by atoms with van der Waals surface area (Å²) in [6.07, 6.45) is 51.5. The van der Waals surface area contributed by atoms with Crippen LogP contribution in [-0.4, -0.2) is 81.2 Å². The van der Waals surface area contributed by atoms with Crippen molar-refractivity contribution in [2.45, 2.75) is 148 Å². The van der Waals surface area contributed by atoms with Crippen LogP contribution in [0.5, 0.6) is 0 Å². The molecule has 0 aliphatic heterocycles. The number of esters is 2. The summed E-state index contributed by atoms with van der Waals surface area (Å²) in [4.78, 5) is 37.6. The lowest BCUT2D eigenvalue weighted by Crippen LogP contribution is -2.37. The van der Waals surface area contributed by atoms with Gasteiger partial charge < -0.3 is 33.0 Å². The molecule has 346 valence electrons. The van der Waals surface area contributed by atoms with E-state index in [2.05, 4.69) is 98.9 Å². The Bertz CT molecular complexity index is 1420. The summed E-state index contributed by atoms with van der Waals surface area (Å²) in [5, 5.41) is 10.3. The summed E-state index contributed by atoms with van der Waals surface area (Å²) in [7, 11) is 1.02. The van der Waals surface area contributed by atoms with Gasteiger partial charge in [0.05, 0.1) is 33.9 Å². The van der Waals surface area contributed by atoms with Gasteiger partial charge in [0.15, 0.2) is 6.10 Å². The third kappa shape index (κ3) is 44.5. The highest BCUT2D eigenvalue weighted by molar-refractivity contribution is 7.45. The van der Waals surface area contributed by atoms with Crippen LogP contribution in [0.2, 0.25) is 0 Å². The molecule has 0 fully saturated rings. The third-order valence-corrected chi connectivity index (χ3v) is 9.85. The number of hydrogen-bond donors (Lipinski definition) is 1. The number of carbonyl (C=O) groups excluding carboxylic acids is 2. The first-order valence-corrected chi connectivity index (χ1v) is 24.2. The van der Waals surface area contributed by atoms with Gasteiger partial charge in [-0.2, -0.15) is 0 Å². The lowest BCUT2D eigenvalue weighted by Gasteiger charge is -2.28. The molecule has 1 N–H and O–H groups in total. The number of quaternary nitrogens is 1. The minimum atomic E-state index is -4.69. The minimum absolute atomic E-state index is 0.0318. The topological polar surface area (TPSA) is 131 Å². The minimum Gasteiger partial charge on any atom is -0.756 e. The molecule has 0 aliphatic rings. The van der Waals surface area contributed by atoms with Crippen LogP contribution in [0.25, 0.3) is 0 Å². The van der Waals surface area contributed by atoms with Gasteiger partial charge in [0.2, 0.25) is 0 Å². The molecule has 61 heavy (non-hydrogen) atoms. The molecule has 0 aromatic rings. The Balaban J connectivity index is 4.62. The van der Waals surface area contributed by atoms with Crippen molar-refractivity contribution in [3.8, 4) is 0 Å². The Morgan fingerprint density at radius 3 is 1.70 bits per heavy atom. The van der Waals surface area contributed by atoms with E-state index >= 15 is 0 Å². The number of nitrogens with zero attached hydrogens (tertiary/aromatic N) is 1. The van der Waals surface area contributed by atoms with Crippen molar-refractivity contribution in [3.63, 3.8) is 0 Å². The molecule has 0 amide bonds. The average Bonchev–Trinajstić information content (AvgIpc) is 3.21. The number of carbonyl (C=O) groups is 2. The maximum Gasteiger partial charge on any atom is 0.306 e. The highest BCUT2D eigenvalue weighted by atomic mass is 31.2. The molecule has 0 saturated heterocycles. The van der Waals surface area contributed by atoms with E-state index in [1.165, 1.54) is 25.7 Å². The van der Waals surface area contributed by atoms with Gasteiger partial charge in [-0.25, -0.2) is 0 Å². The van der Waals surface area contributed by atoms with E-state index in [-0.39, 0.29) is 26.1 Å². The SMILES string of the molecule is CC/C=C\C/C=C\C/C=C\C/C=C\C=C\C(O)CCCC(=O)OC[C@H](COP(=O)([O-])OCC[N+](C)(C)C)OC(=O)CCCCC/C=C\C/C=C\C/C=C\C/C=C\CCCCC. The van der Waals surface area contributed by atoms with Gasteiger partial charge in [-0.05, 0) is 89.9 Å². The molecule has 2 unspecified atom stereocenters. The summed E-state index contributed by atoms with van der Waals surface area (Å²) in [6.45, 7) is 3.79. The molecule has 11 heteroatoms. The van der Waals surface area contributed by atoms with E-state index in [9.17, 15) is 24.2 Å². The van der Waals surface area contributed by atoms with Crippen molar-refractivity contribution < 1.29 is 47.2 Å². The number of phosphoric ester groups is 1. The van der Waals surface area contributed by atoms with Crippen LogP contribution in [0.4, 0.5) is 0 Å². The van der Waals surface area contributed by atoms with Crippen molar-refractivity contribution >= 4 is 19.8 Å². The fourth-order valence-electron chi connectivity index (χ4n) is 5.31. The van der Waals surface area contributed by atoms with E-state index in [4.69, 9.17) is 18.5 Å². The largest absolute Gasteiger partial charge is 0.756 e. The van der Waals surface area contributed by atoms with E-state index in [1.807, 2.05) is 33.3 Å².